The molecule has 1 aromatic heterocycles. The first kappa shape index (κ1) is 12.0. The van der Waals surface area contributed by atoms with Crippen molar-refractivity contribution < 1.29 is 4.79 Å². The Balaban J connectivity index is 2.05. The number of hydrogen-bond acceptors (Lipinski definition) is 3. The predicted octanol–water partition coefficient (Wildman–Crippen LogP) is 2.24. The van der Waals surface area contributed by atoms with E-state index in [0.29, 0.717) is 5.56 Å². The van der Waals surface area contributed by atoms with Crippen LogP contribution in [0.3, 0.4) is 0 Å². The Morgan fingerprint density at radius 1 is 1.11 bits per heavy atom. The summed E-state index contributed by atoms with van der Waals surface area (Å²) in [6.07, 6.45) is 3.12. The monoisotopic (exact) mass is 239 g/mol. The van der Waals surface area contributed by atoms with Gasteiger partial charge in [0.2, 0.25) is 0 Å². The van der Waals surface area contributed by atoms with E-state index in [2.05, 4.69) is 15.5 Å². The molecular formula is C14H13N3O. The molecule has 4 heteroatoms. The number of hydrazone groups is 1. The minimum absolute atomic E-state index is 0.265. The molecule has 0 saturated carbocycles. The lowest BCUT2D eigenvalue weighted by molar-refractivity contribution is 0.0954. The van der Waals surface area contributed by atoms with E-state index in [-0.39, 0.29) is 5.91 Å². The van der Waals surface area contributed by atoms with Crippen molar-refractivity contribution in [2.45, 2.75) is 6.92 Å². The van der Waals surface area contributed by atoms with Crippen LogP contribution in [-0.2, 0) is 0 Å². The molecule has 1 amide bonds. The van der Waals surface area contributed by atoms with Crippen molar-refractivity contribution in [3.8, 4) is 0 Å². The van der Waals surface area contributed by atoms with Crippen molar-refractivity contribution in [3.05, 3.63) is 66.0 Å². The molecule has 90 valence electrons. The van der Waals surface area contributed by atoms with E-state index in [1.165, 1.54) is 6.20 Å². The van der Waals surface area contributed by atoms with Crippen molar-refractivity contribution in [1.29, 1.82) is 0 Å². The zero-order chi connectivity index (χ0) is 12.8. The van der Waals surface area contributed by atoms with Crippen LogP contribution in [0.15, 0.2) is 60.0 Å². The average molecular weight is 239 g/mol. The zero-order valence-corrected chi connectivity index (χ0v) is 10.00. The maximum absolute atomic E-state index is 11.7. The third-order valence-electron chi connectivity index (χ3n) is 2.44. The van der Waals surface area contributed by atoms with Gasteiger partial charge in [-0.3, -0.25) is 9.78 Å². The highest BCUT2D eigenvalue weighted by Gasteiger charge is 2.03. The summed E-state index contributed by atoms with van der Waals surface area (Å²) in [7, 11) is 0. The summed E-state index contributed by atoms with van der Waals surface area (Å²) in [6.45, 7) is 1.85. The third kappa shape index (κ3) is 3.01. The molecule has 0 aliphatic carbocycles. The summed E-state index contributed by atoms with van der Waals surface area (Å²) in [5.74, 6) is -0.265. The topological polar surface area (TPSA) is 54.4 Å². The van der Waals surface area contributed by atoms with Crippen LogP contribution in [0, 0.1) is 0 Å². The van der Waals surface area contributed by atoms with Crippen molar-refractivity contribution in [3.63, 3.8) is 0 Å². The Morgan fingerprint density at radius 2 is 1.83 bits per heavy atom. The zero-order valence-electron chi connectivity index (χ0n) is 10.00. The Hall–Kier alpha value is -2.49. The van der Waals surface area contributed by atoms with E-state index >= 15 is 0 Å². The average Bonchev–Trinajstić information content (AvgIpc) is 2.46. The molecule has 0 atom stereocenters. The Morgan fingerprint density at radius 3 is 2.50 bits per heavy atom. The molecule has 0 saturated heterocycles. The quantitative estimate of drug-likeness (QED) is 0.659. The van der Waals surface area contributed by atoms with Gasteiger partial charge in [-0.05, 0) is 24.6 Å². The largest absolute Gasteiger partial charge is 0.272 e. The Kier molecular flexibility index (Phi) is 3.81. The maximum atomic E-state index is 11.7. The van der Waals surface area contributed by atoms with Gasteiger partial charge in [0.15, 0.2) is 0 Å². The Labute approximate surface area is 105 Å². The molecule has 0 aliphatic heterocycles. The van der Waals surface area contributed by atoms with Crippen molar-refractivity contribution in [1.82, 2.24) is 10.4 Å². The van der Waals surface area contributed by atoms with Crippen LogP contribution in [0.5, 0.6) is 0 Å². The molecule has 1 N–H and O–H groups in total. The van der Waals surface area contributed by atoms with Gasteiger partial charge in [-0.15, -0.1) is 0 Å². The highest BCUT2D eigenvalue weighted by molar-refractivity contribution is 6.00. The van der Waals surface area contributed by atoms with Gasteiger partial charge in [0, 0.05) is 12.4 Å². The van der Waals surface area contributed by atoms with Crippen LogP contribution >= 0.6 is 0 Å². The summed E-state index contributed by atoms with van der Waals surface area (Å²) >= 11 is 0. The number of amides is 1. The summed E-state index contributed by atoms with van der Waals surface area (Å²) < 4.78 is 0. The lowest BCUT2D eigenvalue weighted by Crippen LogP contribution is -2.19. The third-order valence-corrected chi connectivity index (χ3v) is 2.44. The van der Waals surface area contributed by atoms with Gasteiger partial charge in [-0.1, -0.05) is 30.3 Å². The van der Waals surface area contributed by atoms with Crippen molar-refractivity contribution >= 4 is 11.6 Å². The number of carbonyl (C=O) groups is 1. The molecule has 1 aromatic carbocycles. The number of nitrogens with zero attached hydrogens (tertiary/aromatic N) is 2. The first-order valence-corrected chi connectivity index (χ1v) is 5.57. The van der Waals surface area contributed by atoms with E-state index in [0.717, 1.165) is 11.3 Å². The molecular weight excluding hydrogens is 226 g/mol. The van der Waals surface area contributed by atoms with Gasteiger partial charge in [0.1, 0.15) is 0 Å². The van der Waals surface area contributed by atoms with Gasteiger partial charge in [-0.2, -0.15) is 5.10 Å². The predicted molar refractivity (Wildman–Crippen MR) is 70.4 cm³/mol. The van der Waals surface area contributed by atoms with E-state index in [1.54, 1.807) is 18.3 Å². The summed E-state index contributed by atoms with van der Waals surface area (Å²) in [6, 6.07) is 13.1. The van der Waals surface area contributed by atoms with Gasteiger partial charge in [0.05, 0.1) is 11.3 Å². The first-order valence-electron chi connectivity index (χ1n) is 5.57. The fourth-order valence-corrected chi connectivity index (χ4v) is 1.44. The molecule has 0 fully saturated rings. The summed E-state index contributed by atoms with van der Waals surface area (Å²) in [4.78, 5) is 15.6. The number of pyridine rings is 1. The van der Waals surface area contributed by atoms with Gasteiger partial charge < -0.3 is 0 Å². The lowest BCUT2D eigenvalue weighted by atomic mass is 10.1. The number of nitrogens with one attached hydrogen (secondary N) is 1. The fourth-order valence-electron chi connectivity index (χ4n) is 1.44. The van der Waals surface area contributed by atoms with E-state index < -0.39 is 0 Å². The molecule has 4 nitrogen and oxygen atoms in total. The van der Waals surface area contributed by atoms with E-state index in [4.69, 9.17) is 0 Å². The second-order valence-electron chi connectivity index (χ2n) is 3.75. The molecule has 1 heterocycles. The molecule has 0 bridgehead atoms. The SMILES string of the molecule is CC(=NNC(=O)c1cccnc1)c1ccccc1. The standard InChI is InChI=1S/C14H13N3O/c1-11(12-6-3-2-4-7-12)16-17-14(18)13-8-5-9-15-10-13/h2-10H,1H3,(H,17,18). The van der Waals surface area contributed by atoms with Crippen LogP contribution in [0.25, 0.3) is 0 Å². The molecule has 0 radical (unpaired) electrons. The van der Waals surface area contributed by atoms with Crippen LogP contribution in [0.1, 0.15) is 22.8 Å². The molecule has 0 aliphatic rings. The number of carbonyl (C=O) groups excluding carboxylic acids is 1. The molecule has 2 rings (SSSR count). The van der Waals surface area contributed by atoms with Gasteiger partial charge in [-0.25, -0.2) is 5.43 Å². The Bertz CT molecular complexity index is 550. The second-order valence-corrected chi connectivity index (χ2v) is 3.75. The normalized spacial score (nSPS) is 11.1. The minimum Gasteiger partial charge on any atom is -0.267 e. The van der Waals surface area contributed by atoms with Crippen LogP contribution in [0.4, 0.5) is 0 Å². The first-order chi connectivity index (χ1) is 8.77. The summed E-state index contributed by atoms with van der Waals surface area (Å²) in [5, 5.41) is 4.06. The van der Waals surface area contributed by atoms with Crippen LogP contribution < -0.4 is 5.43 Å². The second kappa shape index (κ2) is 5.72. The molecule has 0 spiro atoms. The highest BCUT2D eigenvalue weighted by atomic mass is 16.2. The maximum Gasteiger partial charge on any atom is 0.272 e. The highest BCUT2D eigenvalue weighted by Crippen LogP contribution is 2.00. The molecule has 18 heavy (non-hydrogen) atoms. The smallest absolute Gasteiger partial charge is 0.267 e. The van der Waals surface area contributed by atoms with Crippen molar-refractivity contribution in [2.24, 2.45) is 5.10 Å². The van der Waals surface area contributed by atoms with E-state index in [1.807, 2.05) is 37.3 Å². The fraction of sp³-hybridized carbons (Fsp3) is 0.0714. The number of hydrogen-bond donors (Lipinski definition) is 1. The summed E-state index contributed by atoms with van der Waals surface area (Å²) in [5.41, 5.74) is 4.73. The molecule has 0 unspecified atom stereocenters. The van der Waals surface area contributed by atoms with Gasteiger partial charge in [0.25, 0.3) is 5.91 Å². The number of aromatic nitrogens is 1. The van der Waals surface area contributed by atoms with Crippen LogP contribution in [-0.4, -0.2) is 16.6 Å². The number of rotatable bonds is 3. The van der Waals surface area contributed by atoms with Crippen LogP contribution in [0.2, 0.25) is 0 Å². The van der Waals surface area contributed by atoms with Crippen molar-refractivity contribution in [2.75, 3.05) is 0 Å². The molecule has 2 aromatic rings. The minimum atomic E-state index is -0.265. The van der Waals surface area contributed by atoms with E-state index in [9.17, 15) is 4.79 Å². The number of benzene rings is 1. The lowest BCUT2D eigenvalue weighted by Gasteiger charge is -2.02. The van der Waals surface area contributed by atoms with Gasteiger partial charge >= 0.3 is 0 Å².